The van der Waals surface area contributed by atoms with Crippen molar-refractivity contribution in [1.82, 2.24) is 24.5 Å². The second-order valence-electron chi connectivity index (χ2n) is 8.24. The first-order valence-electron chi connectivity index (χ1n) is 10.9. The van der Waals surface area contributed by atoms with Crippen molar-refractivity contribution in [3.8, 4) is 11.3 Å². The predicted octanol–water partition coefficient (Wildman–Crippen LogP) is 3.48. The zero-order chi connectivity index (χ0) is 24.6. The maximum Gasteiger partial charge on any atom is 0.418 e. The van der Waals surface area contributed by atoms with E-state index >= 15 is 0 Å². The lowest BCUT2D eigenvalue weighted by molar-refractivity contribution is -0.136. The van der Waals surface area contributed by atoms with Crippen molar-refractivity contribution < 1.29 is 22.7 Å². The molecule has 1 aliphatic heterocycles. The number of aromatic nitrogens is 4. The highest BCUT2D eigenvalue weighted by molar-refractivity contribution is 5.95. The molecule has 1 amide bonds. The van der Waals surface area contributed by atoms with Crippen molar-refractivity contribution in [2.24, 2.45) is 0 Å². The van der Waals surface area contributed by atoms with Crippen LogP contribution >= 0.6 is 0 Å². The SMILES string of the molecule is Nc1ncnn2c(-c3cncc(C(=O)N4CCOC(Cc5ccccc5)C4)c3)cc(C(F)(F)F)c12. The molecule has 3 aromatic heterocycles. The molecule has 2 N–H and O–H groups in total. The van der Waals surface area contributed by atoms with Gasteiger partial charge in [-0.25, -0.2) is 9.50 Å². The molecule has 0 saturated carbocycles. The molecular weight excluding hydrogens is 461 g/mol. The molecule has 8 nitrogen and oxygen atoms in total. The van der Waals surface area contributed by atoms with Crippen molar-refractivity contribution in [2.45, 2.75) is 18.7 Å². The van der Waals surface area contributed by atoms with E-state index in [-0.39, 0.29) is 34.6 Å². The molecule has 4 heterocycles. The summed E-state index contributed by atoms with van der Waals surface area (Å²) in [6, 6.07) is 12.3. The molecular formula is C24H21F3N6O2. The molecule has 1 unspecified atom stereocenters. The van der Waals surface area contributed by atoms with Crippen LogP contribution in [0.25, 0.3) is 16.8 Å². The van der Waals surface area contributed by atoms with E-state index in [0.717, 1.165) is 22.5 Å². The molecule has 35 heavy (non-hydrogen) atoms. The Balaban J connectivity index is 1.43. The third kappa shape index (κ3) is 4.54. The third-order valence-electron chi connectivity index (χ3n) is 5.90. The molecule has 180 valence electrons. The minimum Gasteiger partial charge on any atom is -0.382 e. The molecule has 1 fully saturated rings. The molecule has 1 aliphatic rings. The van der Waals surface area contributed by atoms with E-state index in [1.807, 2.05) is 30.3 Å². The summed E-state index contributed by atoms with van der Waals surface area (Å²) >= 11 is 0. The molecule has 5 rings (SSSR count). The Morgan fingerprint density at radius 3 is 2.74 bits per heavy atom. The van der Waals surface area contributed by atoms with Crippen LogP contribution in [0.15, 0.2) is 61.2 Å². The number of hydrogen-bond donors (Lipinski definition) is 1. The molecule has 4 aromatic rings. The van der Waals surface area contributed by atoms with Gasteiger partial charge in [0.1, 0.15) is 11.8 Å². The number of anilines is 1. The fraction of sp³-hybridized carbons (Fsp3) is 0.250. The minimum absolute atomic E-state index is 0.104. The van der Waals surface area contributed by atoms with Gasteiger partial charge in [0.15, 0.2) is 5.82 Å². The van der Waals surface area contributed by atoms with Crippen molar-refractivity contribution in [3.63, 3.8) is 0 Å². The molecule has 0 radical (unpaired) electrons. The summed E-state index contributed by atoms with van der Waals surface area (Å²) < 4.78 is 47.9. The van der Waals surface area contributed by atoms with Gasteiger partial charge in [0.05, 0.1) is 29.5 Å². The number of fused-ring (bicyclic) bond motifs is 1. The van der Waals surface area contributed by atoms with Gasteiger partial charge in [-0.05, 0) is 17.7 Å². The Morgan fingerprint density at radius 2 is 1.97 bits per heavy atom. The normalized spacial score (nSPS) is 16.5. The molecule has 0 aliphatic carbocycles. The number of ether oxygens (including phenoxy) is 1. The Hall–Kier alpha value is -3.99. The van der Waals surface area contributed by atoms with Gasteiger partial charge in [-0.3, -0.25) is 9.78 Å². The first kappa shape index (κ1) is 22.8. The predicted molar refractivity (Wildman–Crippen MR) is 121 cm³/mol. The fourth-order valence-electron chi connectivity index (χ4n) is 4.27. The minimum atomic E-state index is -4.66. The van der Waals surface area contributed by atoms with Crippen LogP contribution in [0.4, 0.5) is 19.0 Å². The standard InChI is InChI=1S/C24H21F3N6O2/c25-24(26,27)19-10-20(33-21(19)22(28)30-14-31-33)16-9-17(12-29-11-16)23(34)32-6-7-35-18(13-32)8-15-4-2-1-3-5-15/h1-5,9-12,14,18H,6-8,13H2,(H2,28,30,31). The van der Waals surface area contributed by atoms with Gasteiger partial charge in [0.2, 0.25) is 0 Å². The van der Waals surface area contributed by atoms with E-state index in [0.29, 0.717) is 31.7 Å². The highest BCUT2D eigenvalue weighted by Crippen LogP contribution is 2.38. The lowest BCUT2D eigenvalue weighted by Gasteiger charge is -2.33. The summed E-state index contributed by atoms with van der Waals surface area (Å²) in [5, 5.41) is 3.95. The maximum atomic E-state index is 13.7. The number of halogens is 3. The number of alkyl halides is 3. The smallest absolute Gasteiger partial charge is 0.382 e. The summed E-state index contributed by atoms with van der Waals surface area (Å²) in [6.07, 6.45) is -0.290. The summed E-state index contributed by atoms with van der Waals surface area (Å²) in [5.41, 5.74) is 6.20. The fourth-order valence-corrected chi connectivity index (χ4v) is 4.27. The molecule has 1 aromatic carbocycles. The number of nitrogen functional groups attached to an aromatic ring is 1. The van der Waals surface area contributed by atoms with E-state index in [4.69, 9.17) is 10.5 Å². The van der Waals surface area contributed by atoms with E-state index in [2.05, 4.69) is 15.1 Å². The van der Waals surface area contributed by atoms with Crippen LogP contribution in [0.5, 0.6) is 0 Å². The lowest BCUT2D eigenvalue weighted by atomic mass is 10.1. The van der Waals surface area contributed by atoms with Crippen LogP contribution in [-0.2, 0) is 17.3 Å². The number of benzene rings is 1. The van der Waals surface area contributed by atoms with Crippen molar-refractivity contribution in [1.29, 1.82) is 0 Å². The number of amides is 1. The van der Waals surface area contributed by atoms with Crippen LogP contribution in [-0.4, -0.2) is 56.2 Å². The Labute approximate surface area is 198 Å². The number of pyridine rings is 1. The van der Waals surface area contributed by atoms with Crippen LogP contribution in [0, 0.1) is 0 Å². The Kier molecular flexibility index (Phi) is 5.85. The van der Waals surface area contributed by atoms with Crippen LogP contribution < -0.4 is 5.73 Å². The van der Waals surface area contributed by atoms with E-state index < -0.39 is 11.7 Å². The van der Waals surface area contributed by atoms with Crippen LogP contribution in [0.1, 0.15) is 21.5 Å². The van der Waals surface area contributed by atoms with Crippen molar-refractivity contribution in [3.05, 3.63) is 77.9 Å². The number of carbonyl (C=O) groups is 1. The maximum absolute atomic E-state index is 13.7. The second kappa shape index (κ2) is 8.99. The number of morpholine rings is 1. The average molecular weight is 482 g/mol. The highest BCUT2D eigenvalue weighted by atomic mass is 19.4. The topological polar surface area (TPSA) is 98.6 Å². The van der Waals surface area contributed by atoms with Gasteiger partial charge >= 0.3 is 6.18 Å². The van der Waals surface area contributed by atoms with E-state index in [9.17, 15) is 18.0 Å². The molecule has 1 saturated heterocycles. The zero-order valence-electron chi connectivity index (χ0n) is 18.4. The first-order valence-corrected chi connectivity index (χ1v) is 10.9. The number of nitrogens with zero attached hydrogens (tertiary/aromatic N) is 5. The zero-order valence-corrected chi connectivity index (χ0v) is 18.4. The number of carbonyl (C=O) groups excluding carboxylic acids is 1. The van der Waals surface area contributed by atoms with Gasteiger partial charge in [-0.2, -0.15) is 18.3 Å². The molecule has 0 spiro atoms. The number of nitrogens with two attached hydrogens (primary N) is 1. The van der Waals surface area contributed by atoms with Crippen LogP contribution in [0.3, 0.4) is 0 Å². The highest BCUT2D eigenvalue weighted by Gasteiger charge is 2.36. The largest absolute Gasteiger partial charge is 0.418 e. The van der Waals surface area contributed by atoms with Gasteiger partial charge in [0.25, 0.3) is 5.91 Å². The summed E-state index contributed by atoms with van der Waals surface area (Å²) in [4.78, 5) is 22.7. The first-order chi connectivity index (χ1) is 16.8. The lowest BCUT2D eigenvalue weighted by Crippen LogP contribution is -2.46. The average Bonchev–Trinajstić information content (AvgIpc) is 3.26. The third-order valence-corrected chi connectivity index (χ3v) is 5.90. The summed E-state index contributed by atoms with van der Waals surface area (Å²) in [6.45, 7) is 1.20. The summed E-state index contributed by atoms with van der Waals surface area (Å²) in [5.74, 6) is -0.566. The van der Waals surface area contributed by atoms with Crippen LogP contribution in [0.2, 0.25) is 0 Å². The van der Waals surface area contributed by atoms with Gasteiger partial charge in [0, 0.05) is 37.5 Å². The molecule has 0 bridgehead atoms. The van der Waals surface area contributed by atoms with Crippen molar-refractivity contribution >= 4 is 17.2 Å². The molecule has 1 atom stereocenters. The molecule has 11 heteroatoms. The quantitative estimate of drug-likeness (QED) is 0.478. The van der Waals surface area contributed by atoms with E-state index in [1.54, 1.807) is 4.90 Å². The van der Waals surface area contributed by atoms with Crippen molar-refractivity contribution in [2.75, 3.05) is 25.4 Å². The summed E-state index contributed by atoms with van der Waals surface area (Å²) in [7, 11) is 0. The van der Waals surface area contributed by atoms with Gasteiger partial charge < -0.3 is 15.4 Å². The monoisotopic (exact) mass is 482 g/mol. The van der Waals surface area contributed by atoms with Gasteiger partial charge in [-0.1, -0.05) is 30.3 Å². The second-order valence-corrected chi connectivity index (χ2v) is 8.24. The van der Waals surface area contributed by atoms with Gasteiger partial charge in [-0.15, -0.1) is 0 Å². The number of rotatable bonds is 4. The Morgan fingerprint density at radius 1 is 1.17 bits per heavy atom. The van der Waals surface area contributed by atoms with E-state index in [1.165, 1.54) is 18.5 Å². The number of hydrogen-bond acceptors (Lipinski definition) is 6. The Bertz CT molecular complexity index is 1370.